The summed E-state index contributed by atoms with van der Waals surface area (Å²) in [7, 11) is 0. The second-order valence-corrected chi connectivity index (χ2v) is 7.91. The van der Waals surface area contributed by atoms with Crippen LogP contribution in [0.5, 0.6) is 11.5 Å². The average molecular weight is 425 g/mol. The van der Waals surface area contributed by atoms with Gasteiger partial charge in [0.1, 0.15) is 0 Å². The molecule has 0 saturated carbocycles. The fourth-order valence-electron chi connectivity index (χ4n) is 3.25. The second kappa shape index (κ2) is 9.21. The molecule has 0 saturated heterocycles. The summed E-state index contributed by atoms with van der Waals surface area (Å²) in [5, 5.41) is 12.3. The molecular formula is C22H24N4O3S. The lowest BCUT2D eigenvalue weighted by Crippen LogP contribution is -2.14. The van der Waals surface area contributed by atoms with Gasteiger partial charge >= 0.3 is 0 Å². The summed E-state index contributed by atoms with van der Waals surface area (Å²) < 4.78 is 13.5. The number of rotatable bonds is 6. The van der Waals surface area contributed by atoms with Crippen LogP contribution < -0.4 is 14.8 Å². The Kier molecular flexibility index (Phi) is 6.23. The minimum absolute atomic E-state index is 0.0756. The maximum atomic E-state index is 12.3. The summed E-state index contributed by atoms with van der Waals surface area (Å²) in [6, 6.07) is 13.6. The van der Waals surface area contributed by atoms with Gasteiger partial charge in [0.2, 0.25) is 5.91 Å². The van der Waals surface area contributed by atoms with Crippen LogP contribution in [0.15, 0.2) is 47.6 Å². The third kappa shape index (κ3) is 4.59. The molecule has 1 amide bonds. The van der Waals surface area contributed by atoms with Gasteiger partial charge in [0.05, 0.1) is 19.0 Å². The maximum Gasteiger partial charge on any atom is 0.234 e. The van der Waals surface area contributed by atoms with Crippen LogP contribution in [0, 0.1) is 6.92 Å². The van der Waals surface area contributed by atoms with Crippen molar-refractivity contribution in [3.63, 3.8) is 0 Å². The molecule has 30 heavy (non-hydrogen) atoms. The molecule has 1 aromatic heterocycles. The molecule has 0 unspecified atom stereocenters. The Balaban J connectivity index is 1.47. The van der Waals surface area contributed by atoms with E-state index in [4.69, 9.17) is 9.47 Å². The van der Waals surface area contributed by atoms with Crippen molar-refractivity contribution < 1.29 is 14.3 Å². The molecule has 1 N–H and O–H groups in total. The molecule has 7 nitrogen and oxygen atoms in total. The van der Waals surface area contributed by atoms with Crippen molar-refractivity contribution >= 4 is 23.4 Å². The average Bonchev–Trinajstić information content (AvgIpc) is 3.00. The first kappa shape index (κ1) is 20.3. The molecule has 0 atom stereocenters. The molecule has 2 heterocycles. The van der Waals surface area contributed by atoms with Gasteiger partial charge in [-0.3, -0.25) is 4.79 Å². The third-order valence-electron chi connectivity index (χ3n) is 4.67. The minimum Gasteiger partial charge on any atom is -0.490 e. The van der Waals surface area contributed by atoms with Crippen LogP contribution in [0.3, 0.4) is 0 Å². The molecule has 156 valence electrons. The third-order valence-corrected chi connectivity index (χ3v) is 5.64. The number of benzene rings is 2. The molecule has 4 rings (SSSR count). The van der Waals surface area contributed by atoms with Crippen molar-refractivity contribution in [3.8, 4) is 22.9 Å². The largest absolute Gasteiger partial charge is 0.490 e. The van der Waals surface area contributed by atoms with Gasteiger partial charge in [-0.15, -0.1) is 10.2 Å². The smallest absolute Gasteiger partial charge is 0.234 e. The maximum absolute atomic E-state index is 12.3. The van der Waals surface area contributed by atoms with E-state index in [2.05, 4.69) is 15.5 Å². The van der Waals surface area contributed by atoms with Crippen LogP contribution in [-0.4, -0.2) is 39.6 Å². The number of nitrogens with one attached hydrogen (secondary N) is 1. The number of aromatic nitrogens is 3. The first-order valence-corrected chi connectivity index (χ1v) is 10.9. The van der Waals surface area contributed by atoms with Crippen molar-refractivity contribution in [2.75, 3.05) is 24.3 Å². The van der Waals surface area contributed by atoms with Crippen molar-refractivity contribution in [1.82, 2.24) is 14.8 Å². The standard InChI is InChI=1S/C22H24N4O3S/c1-3-26-21(16-8-9-18-19(13-16)29-11-5-10-28-18)24-25-22(26)30-14-20(27)23-17-7-4-6-15(2)12-17/h4,6-9,12-13H,3,5,10-11,14H2,1-2H3,(H,23,27). The Morgan fingerprint density at radius 3 is 2.77 bits per heavy atom. The van der Waals surface area contributed by atoms with Gasteiger partial charge in [-0.1, -0.05) is 23.9 Å². The van der Waals surface area contributed by atoms with Crippen LogP contribution in [0.1, 0.15) is 18.9 Å². The number of carbonyl (C=O) groups excluding carboxylic acids is 1. The van der Waals surface area contributed by atoms with E-state index < -0.39 is 0 Å². The summed E-state index contributed by atoms with van der Waals surface area (Å²) in [6.07, 6.45) is 0.862. The highest BCUT2D eigenvalue weighted by Gasteiger charge is 2.18. The Morgan fingerprint density at radius 1 is 1.13 bits per heavy atom. The molecule has 0 bridgehead atoms. The highest BCUT2D eigenvalue weighted by Crippen LogP contribution is 2.34. The van der Waals surface area contributed by atoms with Crippen LogP contribution in [0.25, 0.3) is 11.4 Å². The van der Waals surface area contributed by atoms with Crippen LogP contribution >= 0.6 is 11.8 Å². The first-order chi connectivity index (χ1) is 14.6. The summed E-state index contributed by atoms with van der Waals surface area (Å²) in [5.74, 6) is 2.40. The minimum atomic E-state index is -0.0756. The molecule has 2 aromatic carbocycles. The Labute approximate surface area is 179 Å². The van der Waals surface area contributed by atoms with E-state index in [1.165, 1.54) is 11.8 Å². The van der Waals surface area contributed by atoms with Gasteiger partial charge in [-0.05, 0) is 49.7 Å². The van der Waals surface area contributed by atoms with Crippen molar-refractivity contribution in [2.24, 2.45) is 0 Å². The summed E-state index contributed by atoms with van der Waals surface area (Å²) in [6.45, 7) is 6.01. The van der Waals surface area contributed by atoms with Gasteiger partial charge in [-0.25, -0.2) is 0 Å². The molecule has 8 heteroatoms. The van der Waals surface area contributed by atoms with E-state index in [1.807, 2.05) is 60.9 Å². The number of carbonyl (C=O) groups is 1. The molecule has 0 aliphatic carbocycles. The lowest BCUT2D eigenvalue weighted by molar-refractivity contribution is -0.113. The van der Waals surface area contributed by atoms with E-state index in [9.17, 15) is 4.79 Å². The van der Waals surface area contributed by atoms with E-state index in [-0.39, 0.29) is 11.7 Å². The molecule has 3 aromatic rings. The van der Waals surface area contributed by atoms with E-state index in [0.717, 1.165) is 40.6 Å². The summed E-state index contributed by atoms with van der Waals surface area (Å²) >= 11 is 1.37. The van der Waals surface area contributed by atoms with Crippen molar-refractivity contribution in [3.05, 3.63) is 48.0 Å². The van der Waals surface area contributed by atoms with Gasteiger partial charge in [0.15, 0.2) is 22.5 Å². The SMILES string of the molecule is CCn1c(SCC(=O)Nc2cccc(C)c2)nnc1-c1ccc2c(c1)OCCCO2. The van der Waals surface area contributed by atoms with Crippen LogP contribution in [-0.2, 0) is 11.3 Å². The van der Waals surface area contributed by atoms with E-state index in [1.54, 1.807) is 0 Å². The monoisotopic (exact) mass is 424 g/mol. The van der Waals surface area contributed by atoms with Crippen molar-refractivity contribution in [2.45, 2.75) is 32.0 Å². The number of hydrogen-bond acceptors (Lipinski definition) is 6. The quantitative estimate of drug-likeness (QED) is 0.599. The molecule has 0 radical (unpaired) electrons. The zero-order valence-electron chi connectivity index (χ0n) is 17.1. The number of amides is 1. The van der Waals surface area contributed by atoms with E-state index >= 15 is 0 Å². The van der Waals surface area contributed by atoms with Gasteiger partial charge in [0.25, 0.3) is 0 Å². The fraction of sp³-hybridized carbons (Fsp3) is 0.318. The number of aryl methyl sites for hydroxylation is 1. The normalized spacial score (nSPS) is 13.0. The predicted octanol–water partition coefficient (Wildman–Crippen LogP) is 4.17. The van der Waals surface area contributed by atoms with Gasteiger partial charge < -0.3 is 19.4 Å². The molecule has 0 fully saturated rings. The molecule has 0 spiro atoms. The number of anilines is 1. The number of nitrogens with zero attached hydrogens (tertiary/aromatic N) is 3. The Morgan fingerprint density at radius 2 is 1.97 bits per heavy atom. The Bertz CT molecular complexity index is 1050. The van der Waals surface area contributed by atoms with Crippen LogP contribution in [0.2, 0.25) is 0 Å². The number of ether oxygens (including phenoxy) is 2. The molecular weight excluding hydrogens is 400 g/mol. The molecule has 1 aliphatic rings. The van der Waals surface area contributed by atoms with Crippen molar-refractivity contribution in [1.29, 1.82) is 0 Å². The number of thioether (sulfide) groups is 1. The van der Waals surface area contributed by atoms with E-state index in [0.29, 0.717) is 24.9 Å². The lowest BCUT2D eigenvalue weighted by Gasteiger charge is -2.11. The molecule has 1 aliphatic heterocycles. The lowest BCUT2D eigenvalue weighted by atomic mass is 10.2. The summed E-state index contributed by atoms with van der Waals surface area (Å²) in [5.41, 5.74) is 2.81. The highest BCUT2D eigenvalue weighted by molar-refractivity contribution is 7.99. The number of fused-ring (bicyclic) bond motifs is 1. The van der Waals surface area contributed by atoms with Crippen LogP contribution in [0.4, 0.5) is 5.69 Å². The van der Waals surface area contributed by atoms with Gasteiger partial charge in [0, 0.05) is 24.2 Å². The van der Waals surface area contributed by atoms with Gasteiger partial charge in [-0.2, -0.15) is 0 Å². The first-order valence-electron chi connectivity index (χ1n) is 9.96. The topological polar surface area (TPSA) is 78.3 Å². The number of hydrogen-bond donors (Lipinski definition) is 1. The zero-order chi connectivity index (χ0) is 20.9. The zero-order valence-corrected chi connectivity index (χ0v) is 17.9. The summed E-state index contributed by atoms with van der Waals surface area (Å²) in [4.78, 5) is 12.3. The fourth-order valence-corrected chi connectivity index (χ4v) is 4.05. The predicted molar refractivity (Wildman–Crippen MR) is 117 cm³/mol. The Hall–Kier alpha value is -3.00. The highest BCUT2D eigenvalue weighted by atomic mass is 32.2. The second-order valence-electron chi connectivity index (χ2n) is 6.97.